The molecule has 0 radical (unpaired) electrons. The first-order valence-electron chi connectivity index (χ1n) is 6.26. The zero-order chi connectivity index (χ0) is 13.9. The molecule has 0 spiro atoms. The van der Waals surface area contributed by atoms with Crippen molar-refractivity contribution in [2.45, 2.75) is 12.5 Å². The number of hydrogen-bond acceptors (Lipinski definition) is 5. The Morgan fingerprint density at radius 2 is 2.10 bits per heavy atom. The molecule has 0 aliphatic heterocycles. The minimum Gasteiger partial charge on any atom is -0.388 e. The largest absolute Gasteiger partial charge is 0.388 e. The third-order valence-corrected chi connectivity index (χ3v) is 3.07. The van der Waals surface area contributed by atoms with E-state index in [0.717, 1.165) is 11.3 Å². The smallest absolute Gasteiger partial charge is 0.229 e. The molecule has 0 saturated heterocycles. The number of aliphatic hydroxyl groups excluding tert-OH is 1. The van der Waals surface area contributed by atoms with E-state index in [1.165, 1.54) is 0 Å². The molecule has 1 aromatic carbocycles. The maximum Gasteiger partial charge on any atom is 0.229 e. The first-order chi connectivity index (χ1) is 9.74. The van der Waals surface area contributed by atoms with Crippen molar-refractivity contribution < 1.29 is 9.63 Å². The van der Waals surface area contributed by atoms with Crippen LogP contribution in [0.1, 0.15) is 17.6 Å². The van der Waals surface area contributed by atoms with Crippen molar-refractivity contribution in [1.29, 1.82) is 0 Å². The third-order valence-electron chi connectivity index (χ3n) is 3.07. The van der Waals surface area contributed by atoms with Crippen molar-refractivity contribution >= 4 is 0 Å². The van der Waals surface area contributed by atoms with Crippen molar-refractivity contribution in [2.24, 2.45) is 7.05 Å². The van der Waals surface area contributed by atoms with Crippen molar-refractivity contribution in [3.63, 3.8) is 0 Å². The first kappa shape index (κ1) is 12.6. The van der Waals surface area contributed by atoms with Crippen LogP contribution in [-0.4, -0.2) is 24.8 Å². The Morgan fingerprint density at radius 3 is 2.80 bits per heavy atom. The van der Waals surface area contributed by atoms with Crippen LogP contribution in [0.25, 0.3) is 11.5 Å². The number of rotatable bonds is 4. The molecule has 3 aromatic rings. The lowest BCUT2D eigenvalue weighted by atomic mass is 10.1. The summed E-state index contributed by atoms with van der Waals surface area (Å²) < 4.78 is 6.98. The maximum atomic E-state index is 10.1. The quantitative estimate of drug-likeness (QED) is 0.781. The molecule has 1 unspecified atom stereocenters. The molecule has 0 aliphatic carbocycles. The highest BCUT2D eigenvalue weighted by Gasteiger charge is 2.15. The first-order valence-corrected chi connectivity index (χ1v) is 6.26. The van der Waals surface area contributed by atoms with Crippen molar-refractivity contribution in [3.05, 3.63) is 54.3 Å². The number of benzene rings is 1. The Hall–Kier alpha value is -2.47. The van der Waals surface area contributed by atoms with E-state index >= 15 is 0 Å². The molecule has 20 heavy (non-hydrogen) atoms. The van der Waals surface area contributed by atoms with E-state index in [4.69, 9.17) is 4.52 Å². The monoisotopic (exact) mass is 270 g/mol. The molecule has 6 heteroatoms. The second-order valence-corrected chi connectivity index (χ2v) is 4.53. The summed E-state index contributed by atoms with van der Waals surface area (Å²) in [5.41, 5.74) is 1.60. The Kier molecular flexibility index (Phi) is 3.30. The van der Waals surface area contributed by atoms with Gasteiger partial charge in [-0.1, -0.05) is 35.5 Å². The molecular weight excluding hydrogens is 256 g/mol. The number of aromatic nitrogens is 4. The van der Waals surface area contributed by atoms with Crippen LogP contribution in [0.2, 0.25) is 0 Å². The fourth-order valence-electron chi connectivity index (χ4n) is 1.97. The lowest BCUT2D eigenvalue weighted by Crippen LogP contribution is -2.01. The van der Waals surface area contributed by atoms with Gasteiger partial charge in [0.05, 0.1) is 25.0 Å². The van der Waals surface area contributed by atoms with E-state index in [-0.39, 0.29) is 6.42 Å². The predicted octanol–water partition coefficient (Wildman–Crippen LogP) is 1.75. The van der Waals surface area contributed by atoms with Gasteiger partial charge in [-0.3, -0.25) is 0 Å². The summed E-state index contributed by atoms with van der Waals surface area (Å²) in [6, 6.07) is 9.40. The summed E-state index contributed by atoms with van der Waals surface area (Å²) in [6.45, 7) is 0. The molecule has 102 valence electrons. The summed E-state index contributed by atoms with van der Waals surface area (Å²) in [7, 11) is 1.86. The van der Waals surface area contributed by atoms with E-state index < -0.39 is 6.10 Å². The van der Waals surface area contributed by atoms with Gasteiger partial charge in [0, 0.05) is 7.05 Å². The van der Waals surface area contributed by atoms with E-state index in [0.29, 0.717) is 11.7 Å². The van der Waals surface area contributed by atoms with Crippen LogP contribution in [0.15, 0.2) is 47.4 Å². The van der Waals surface area contributed by atoms with Gasteiger partial charge in [-0.2, -0.15) is 4.98 Å². The fourth-order valence-corrected chi connectivity index (χ4v) is 1.97. The maximum absolute atomic E-state index is 10.1. The molecular formula is C14H14N4O2. The second kappa shape index (κ2) is 5.26. The number of hydrogen-bond donors (Lipinski definition) is 1. The van der Waals surface area contributed by atoms with E-state index in [1.54, 1.807) is 12.5 Å². The zero-order valence-electron chi connectivity index (χ0n) is 11.0. The molecule has 0 saturated carbocycles. The summed E-state index contributed by atoms with van der Waals surface area (Å²) >= 11 is 0. The van der Waals surface area contributed by atoms with Gasteiger partial charge in [0.15, 0.2) is 0 Å². The van der Waals surface area contributed by atoms with Gasteiger partial charge < -0.3 is 14.2 Å². The van der Waals surface area contributed by atoms with E-state index in [2.05, 4.69) is 15.1 Å². The van der Waals surface area contributed by atoms with Gasteiger partial charge in [0.2, 0.25) is 11.7 Å². The van der Waals surface area contributed by atoms with Crippen molar-refractivity contribution in [2.75, 3.05) is 0 Å². The lowest BCUT2D eigenvalue weighted by Gasteiger charge is -2.07. The summed E-state index contributed by atoms with van der Waals surface area (Å²) in [5, 5.41) is 14.0. The van der Waals surface area contributed by atoms with Crippen LogP contribution in [0.5, 0.6) is 0 Å². The standard InChI is InChI=1S/C14H14N4O2/c1-18-9-15-8-11(18)14-16-13(20-17-14)7-12(19)10-5-3-2-4-6-10/h2-6,8-9,12,19H,7H2,1H3. The van der Waals surface area contributed by atoms with E-state index in [1.807, 2.05) is 41.9 Å². The molecule has 1 atom stereocenters. The van der Waals surface area contributed by atoms with Crippen LogP contribution in [-0.2, 0) is 13.5 Å². The fraction of sp³-hybridized carbons (Fsp3) is 0.214. The van der Waals surface area contributed by atoms with Crippen LogP contribution in [0.4, 0.5) is 0 Å². The molecule has 6 nitrogen and oxygen atoms in total. The SMILES string of the molecule is Cn1cncc1-c1noc(CC(O)c2ccccc2)n1. The molecule has 2 aromatic heterocycles. The number of imidazole rings is 1. The summed E-state index contributed by atoms with van der Waals surface area (Å²) in [5.74, 6) is 0.873. The molecule has 0 amide bonds. The van der Waals surface area contributed by atoms with Gasteiger partial charge in [0.25, 0.3) is 0 Å². The molecule has 0 bridgehead atoms. The molecule has 3 rings (SSSR count). The summed E-state index contributed by atoms with van der Waals surface area (Å²) in [4.78, 5) is 8.29. The van der Waals surface area contributed by atoms with Crippen LogP contribution in [0.3, 0.4) is 0 Å². The zero-order valence-corrected chi connectivity index (χ0v) is 11.0. The summed E-state index contributed by atoms with van der Waals surface area (Å²) in [6.07, 6.45) is 2.97. The average molecular weight is 270 g/mol. The molecule has 2 heterocycles. The Bertz CT molecular complexity index is 690. The predicted molar refractivity (Wildman–Crippen MR) is 71.6 cm³/mol. The van der Waals surface area contributed by atoms with Crippen molar-refractivity contribution in [3.8, 4) is 11.5 Å². The normalized spacial score (nSPS) is 12.5. The average Bonchev–Trinajstić information content (AvgIpc) is 3.08. The third kappa shape index (κ3) is 2.46. The van der Waals surface area contributed by atoms with Crippen LogP contribution >= 0.6 is 0 Å². The highest BCUT2D eigenvalue weighted by atomic mass is 16.5. The number of aliphatic hydroxyl groups is 1. The van der Waals surface area contributed by atoms with Crippen LogP contribution < -0.4 is 0 Å². The van der Waals surface area contributed by atoms with Gasteiger partial charge >= 0.3 is 0 Å². The lowest BCUT2D eigenvalue weighted by molar-refractivity contribution is 0.165. The molecule has 1 N–H and O–H groups in total. The number of nitrogens with zero attached hydrogens (tertiary/aromatic N) is 4. The Balaban J connectivity index is 1.77. The highest BCUT2D eigenvalue weighted by Crippen LogP contribution is 2.19. The van der Waals surface area contributed by atoms with Gasteiger partial charge in [-0.15, -0.1) is 0 Å². The van der Waals surface area contributed by atoms with Crippen LogP contribution in [0, 0.1) is 0 Å². The minimum absolute atomic E-state index is 0.287. The van der Waals surface area contributed by atoms with Crippen molar-refractivity contribution in [1.82, 2.24) is 19.7 Å². The molecule has 0 fully saturated rings. The minimum atomic E-state index is -0.656. The topological polar surface area (TPSA) is 77.0 Å². The number of aryl methyl sites for hydroxylation is 1. The van der Waals surface area contributed by atoms with Gasteiger partial charge in [-0.05, 0) is 5.56 Å². The van der Waals surface area contributed by atoms with Gasteiger partial charge in [0.1, 0.15) is 5.69 Å². The molecule has 0 aliphatic rings. The Labute approximate surface area is 115 Å². The Morgan fingerprint density at radius 1 is 1.30 bits per heavy atom. The highest BCUT2D eigenvalue weighted by molar-refractivity contribution is 5.47. The van der Waals surface area contributed by atoms with E-state index in [9.17, 15) is 5.11 Å². The van der Waals surface area contributed by atoms with Gasteiger partial charge in [-0.25, -0.2) is 4.98 Å². The second-order valence-electron chi connectivity index (χ2n) is 4.53.